The van der Waals surface area contributed by atoms with Gasteiger partial charge in [-0.05, 0) is 44.6 Å². The number of hydrogen-bond acceptors (Lipinski definition) is 3. The molecular weight excluding hydrogens is 475 g/mol. The summed E-state index contributed by atoms with van der Waals surface area (Å²) in [6.45, 7) is 8.00. The molecule has 0 aromatic heterocycles. The quantitative estimate of drug-likeness (QED) is 0.225. The first-order chi connectivity index (χ1) is 13.8. The zero-order chi connectivity index (χ0) is 19.4. The van der Waals surface area contributed by atoms with Crippen LogP contribution in [0.2, 0.25) is 0 Å². The fourth-order valence-electron chi connectivity index (χ4n) is 4.16. The Morgan fingerprint density at radius 2 is 1.83 bits per heavy atom. The van der Waals surface area contributed by atoms with Gasteiger partial charge in [0.25, 0.3) is 0 Å². The second-order valence-electron chi connectivity index (χ2n) is 8.07. The highest BCUT2D eigenvalue weighted by Gasteiger charge is 2.19. The van der Waals surface area contributed by atoms with Crippen molar-refractivity contribution < 1.29 is 4.74 Å². The molecule has 1 saturated carbocycles. The van der Waals surface area contributed by atoms with Crippen LogP contribution in [0.4, 0.5) is 0 Å². The van der Waals surface area contributed by atoms with Crippen LogP contribution in [0.15, 0.2) is 35.3 Å². The summed E-state index contributed by atoms with van der Waals surface area (Å²) in [7, 11) is 0. The average molecular weight is 514 g/mol. The largest absolute Gasteiger partial charge is 0.378 e. The van der Waals surface area contributed by atoms with Gasteiger partial charge in [-0.25, -0.2) is 0 Å². The summed E-state index contributed by atoms with van der Waals surface area (Å²) in [5.74, 6) is 0.976. The lowest BCUT2D eigenvalue weighted by Crippen LogP contribution is -2.42. The minimum atomic E-state index is 0. The third-order valence-electron chi connectivity index (χ3n) is 5.75. The van der Waals surface area contributed by atoms with Crippen LogP contribution in [-0.2, 0) is 11.3 Å². The zero-order valence-electron chi connectivity index (χ0n) is 17.9. The minimum absolute atomic E-state index is 0. The number of benzene rings is 1. The number of ether oxygens (including phenoxy) is 1. The summed E-state index contributed by atoms with van der Waals surface area (Å²) >= 11 is 0. The van der Waals surface area contributed by atoms with Gasteiger partial charge in [0.2, 0.25) is 0 Å². The van der Waals surface area contributed by atoms with Crippen LogP contribution in [0.3, 0.4) is 0 Å². The lowest BCUT2D eigenvalue weighted by atomic mass is 10.1. The van der Waals surface area contributed by atoms with Crippen molar-refractivity contribution in [2.75, 3.05) is 32.8 Å². The molecule has 29 heavy (non-hydrogen) atoms. The van der Waals surface area contributed by atoms with Gasteiger partial charge in [-0.3, -0.25) is 9.89 Å². The van der Waals surface area contributed by atoms with Crippen molar-refractivity contribution >= 4 is 29.9 Å². The number of rotatable bonds is 9. The lowest BCUT2D eigenvalue weighted by Gasteiger charge is -2.31. The van der Waals surface area contributed by atoms with Gasteiger partial charge in [-0.15, -0.1) is 24.0 Å². The smallest absolute Gasteiger partial charge is 0.191 e. The van der Waals surface area contributed by atoms with Crippen molar-refractivity contribution in [3.63, 3.8) is 0 Å². The molecule has 3 rings (SSSR count). The molecule has 0 unspecified atom stereocenters. The number of likely N-dealkylation sites (tertiary alicyclic amines) is 1. The Labute approximate surface area is 194 Å². The molecule has 0 amide bonds. The van der Waals surface area contributed by atoms with Crippen LogP contribution in [0.25, 0.3) is 0 Å². The van der Waals surface area contributed by atoms with E-state index in [1.807, 2.05) is 0 Å². The number of piperidine rings is 1. The molecule has 1 aromatic rings. The third kappa shape index (κ3) is 9.22. The molecule has 1 saturated heterocycles. The van der Waals surface area contributed by atoms with Crippen LogP contribution < -0.4 is 10.6 Å². The van der Waals surface area contributed by atoms with Crippen molar-refractivity contribution in [2.45, 2.75) is 70.6 Å². The minimum Gasteiger partial charge on any atom is -0.378 e. The maximum atomic E-state index is 6.12. The molecule has 0 spiro atoms. The monoisotopic (exact) mass is 514 g/mol. The van der Waals surface area contributed by atoms with E-state index < -0.39 is 0 Å². The third-order valence-corrected chi connectivity index (χ3v) is 5.75. The summed E-state index contributed by atoms with van der Waals surface area (Å²) in [6.07, 6.45) is 8.92. The Bertz CT molecular complexity index is 570. The van der Waals surface area contributed by atoms with Crippen LogP contribution in [0.5, 0.6) is 0 Å². The van der Waals surface area contributed by atoms with E-state index in [1.165, 1.54) is 31.2 Å². The molecule has 164 valence electrons. The standard InChI is InChI=1S/C23H38N4O.HI/c1-2-24-23(26-21-11-6-7-12-21)25-15-8-18-28-22-13-16-27(17-14-22)19-20-9-4-3-5-10-20;/h3-5,9-10,21-22H,2,6-8,11-19H2,1H3,(H2,24,25,26);1H. The molecule has 1 heterocycles. The van der Waals surface area contributed by atoms with Gasteiger partial charge in [0.1, 0.15) is 0 Å². The number of halogens is 1. The number of nitrogens with zero attached hydrogens (tertiary/aromatic N) is 2. The molecule has 1 aliphatic heterocycles. The Hall–Kier alpha value is -0.860. The Morgan fingerprint density at radius 3 is 2.52 bits per heavy atom. The molecule has 1 aliphatic carbocycles. The Morgan fingerprint density at radius 1 is 1.10 bits per heavy atom. The van der Waals surface area contributed by atoms with E-state index in [2.05, 4.69) is 52.8 Å². The van der Waals surface area contributed by atoms with E-state index in [-0.39, 0.29) is 24.0 Å². The Kier molecular flexibility index (Phi) is 12.0. The van der Waals surface area contributed by atoms with Gasteiger partial charge >= 0.3 is 0 Å². The van der Waals surface area contributed by atoms with E-state index in [9.17, 15) is 0 Å². The lowest BCUT2D eigenvalue weighted by molar-refractivity contribution is 0.00566. The van der Waals surface area contributed by atoms with Crippen LogP contribution in [0, 0.1) is 0 Å². The van der Waals surface area contributed by atoms with Crippen LogP contribution in [-0.4, -0.2) is 55.8 Å². The summed E-state index contributed by atoms with van der Waals surface area (Å²) in [5.41, 5.74) is 1.41. The Balaban J connectivity index is 0.00000300. The number of nitrogens with one attached hydrogen (secondary N) is 2. The first-order valence-corrected chi connectivity index (χ1v) is 11.3. The molecule has 1 aromatic carbocycles. The topological polar surface area (TPSA) is 48.9 Å². The first-order valence-electron chi connectivity index (χ1n) is 11.3. The van der Waals surface area contributed by atoms with Crippen LogP contribution in [0.1, 0.15) is 57.4 Å². The fourth-order valence-corrected chi connectivity index (χ4v) is 4.16. The van der Waals surface area contributed by atoms with Gasteiger partial charge < -0.3 is 15.4 Å². The fraction of sp³-hybridized carbons (Fsp3) is 0.696. The van der Waals surface area contributed by atoms with Crippen molar-refractivity contribution in [1.82, 2.24) is 15.5 Å². The predicted octanol–water partition coefficient (Wildman–Crippen LogP) is 4.17. The highest BCUT2D eigenvalue weighted by molar-refractivity contribution is 14.0. The predicted molar refractivity (Wildman–Crippen MR) is 132 cm³/mol. The molecule has 0 radical (unpaired) electrons. The van der Waals surface area contributed by atoms with Crippen molar-refractivity contribution in [1.29, 1.82) is 0 Å². The zero-order valence-corrected chi connectivity index (χ0v) is 20.3. The summed E-state index contributed by atoms with van der Waals surface area (Å²) in [6, 6.07) is 11.4. The highest BCUT2D eigenvalue weighted by atomic mass is 127. The number of aliphatic imine (C=N–C) groups is 1. The normalized spacial score (nSPS) is 19.1. The highest BCUT2D eigenvalue weighted by Crippen LogP contribution is 2.18. The molecule has 6 heteroatoms. The van der Waals surface area contributed by atoms with Gasteiger partial charge in [0.15, 0.2) is 5.96 Å². The maximum Gasteiger partial charge on any atom is 0.191 e. The van der Waals surface area contributed by atoms with Crippen molar-refractivity contribution in [2.24, 2.45) is 4.99 Å². The molecule has 0 atom stereocenters. The number of hydrogen-bond donors (Lipinski definition) is 2. The molecule has 5 nitrogen and oxygen atoms in total. The average Bonchev–Trinajstić information content (AvgIpc) is 3.23. The van der Waals surface area contributed by atoms with Gasteiger partial charge in [-0.2, -0.15) is 0 Å². The van der Waals surface area contributed by atoms with Crippen LogP contribution >= 0.6 is 24.0 Å². The van der Waals surface area contributed by atoms with E-state index in [0.29, 0.717) is 12.1 Å². The van der Waals surface area contributed by atoms with E-state index in [1.54, 1.807) is 0 Å². The second-order valence-corrected chi connectivity index (χ2v) is 8.07. The number of guanidine groups is 1. The van der Waals surface area contributed by atoms with Gasteiger partial charge in [0, 0.05) is 45.4 Å². The molecule has 2 N–H and O–H groups in total. The van der Waals surface area contributed by atoms with E-state index in [0.717, 1.165) is 64.6 Å². The molecule has 0 bridgehead atoms. The summed E-state index contributed by atoms with van der Waals surface area (Å²) in [5, 5.41) is 6.94. The first kappa shape index (κ1) is 24.4. The summed E-state index contributed by atoms with van der Waals surface area (Å²) < 4.78 is 6.12. The van der Waals surface area contributed by atoms with E-state index >= 15 is 0 Å². The summed E-state index contributed by atoms with van der Waals surface area (Å²) in [4.78, 5) is 7.26. The van der Waals surface area contributed by atoms with Gasteiger partial charge in [0.05, 0.1) is 6.10 Å². The SMILES string of the molecule is CCNC(=NCCCOC1CCN(Cc2ccccc2)CC1)NC1CCCC1.I. The maximum absolute atomic E-state index is 6.12. The van der Waals surface area contributed by atoms with Gasteiger partial charge in [-0.1, -0.05) is 43.2 Å². The molecule has 2 fully saturated rings. The second kappa shape index (κ2) is 14.2. The van der Waals surface area contributed by atoms with E-state index in [4.69, 9.17) is 9.73 Å². The van der Waals surface area contributed by atoms with Crippen molar-refractivity contribution in [3.8, 4) is 0 Å². The molecule has 2 aliphatic rings. The van der Waals surface area contributed by atoms with Crippen molar-refractivity contribution in [3.05, 3.63) is 35.9 Å². The molecular formula is C23H39IN4O.